The van der Waals surface area contributed by atoms with Crippen LogP contribution < -0.4 is 10.7 Å². The molecule has 0 saturated carbocycles. The number of furan rings is 2. The molecule has 0 bridgehead atoms. The minimum absolute atomic E-state index is 0.0904. The highest BCUT2D eigenvalue weighted by Crippen LogP contribution is 2.24. The molecule has 2 amide bonds. The number of rotatable bonds is 5. The van der Waals surface area contributed by atoms with Crippen molar-refractivity contribution in [3.63, 3.8) is 0 Å². The second kappa shape index (κ2) is 7.93. The van der Waals surface area contributed by atoms with Crippen LogP contribution in [0, 0.1) is 5.82 Å². The molecule has 2 N–H and O–H groups in total. The van der Waals surface area contributed by atoms with Crippen LogP contribution in [0.1, 0.15) is 11.5 Å². The molecule has 3 rings (SSSR count). The van der Waals surface area contributed by atoms with E-state index in [0.29, 0.717) is 22.8 Å². The third-order valence-corrected chi connectivity index (χ3v) is 3.33. The quantitative estimate of drug-likeness (QED) is 0.417. The number of nitrogens with one attached hydrogen (secondary N) is 2. The second-order valence-electron chi connectivity index (χ2n) is 5.14. The molecule has 0 aliphatic rings. The third kappa shape index (κ3) is 4.23. The Labute approximate surface area is 147 Å². The number of hydrogen-bond donors (Lipinski definition) is 2. The van der Waals surface area contributed by atoms with Crippen LogP contribution in [0.3, 0.4) is 0 Å². The molecule has 0 aliphatic carbocycles. The fourth-order valence-corrected chi connectivity index (χ4v) is 2.09. The molecule has 0 fully saturated rings. The second-order valence-corrected chi connectivity index (χ2v) is 5.14. The largest absolute Gasteiger partial charge is 0.467 e. The number of hydrogen-bond acceptors (Lipinski definition) is 5. The summed E-state index contributed by atoms with van der Waals surface area (Å²) < 4.78 is 24.2. The van der Waals surface area contributed by atoms with Crippen molar-refractivity contribution in [2.45, 2.75) is 6.54 Å². The van der Waals surface area contributed by atoms with Crippen LogP contribution in [-0.4, -0.2) is 18.0 Å². The topological polar surface area (TPSA) is 96.8 Å². The molecule has 0 aliphatic heterocycles. The average molecular weight is 355 g/mol. The van der Waals surface area contributed by atoms with Crippen molar-refractivity contribution in [3.05, 3.63) is 72.1 Å². The Bertz CT molecular complexity index is 932. The highest BCUT2D eigenvalue weighted by atomic mass is 19.1. The maximum Gasteiger partial charge on any atom is 0.329 e. The molecule has 0 saturated heterocycles. The van der Waals surface area contributed by atoms with Gasteiger partial charge < -0.3 is 14.2 Å². The van der Waals surface area contributed by atoms with E-state index in [1.54, 1.807) is 42.5 Å². The molecule has 2 aromatic heterocycles. The van der Waals surface area contributed by atoms with E-state index in [2.05, 4.69) is 15.8 Å². The molecule has 8 heteroatoms. The lowest BCUT2D eigenvalue weighted by atomic mass is 10.1. The van der Waals surface area contributed by atoms with Crippen LogP contribution in [0.4, 0.5) is 4.39 Å². The highest BCUT2D eigenvalue weighted by molar-refractivity contribution is 6.35. The Morgan fingerprint density at radius 1 is 1.08 bits per heavy atom. The summed E-state index contributed by atoms with van der Waals surface area (Å²) in [5.74, 6) is -1.07. The van der Waals surface area contributed by atoms with Crippen LogP contribution in [0.2, 0.25) is 0 Å². The van der Waals surface area contributed by atoms with E-state index >= 15 is 0 Å². The van der Waals surface area contributed by atoms with E-state index in [1.165, 1.54) is 18.5 Å². The molecule has 0 atom stereocenters. The molecule has 0 radical (unpaired) electrons. The van der Waals surface area contributed by atoms with Gasteiger partial charge in [0.1, 0.15) is 23.1 Å². The number of nitrogens with zero attached hydrogens (tertiary/aromatic N) is 1. The number of carbonyl (C=O) groups is 2. The fourth-order valence-electron chi connectivity index (χ4n) is 2.09. The zero-order valence-corrected chi connectivity index (χ0v) is 13.4. The maximum absolute atomic E-state index is 13.7. The smallest absolute Gasteiger partial charge is 0.329 e. The lowest BCUT2D eigenvalue weighted by molar-refractivity contribution is -0.139. The lowest BCUT2D eigenvalue weighted by Crippen LogP contribution is -2.37. The van der Waals surface area contributed by atoms with Crippen LogP contribution in [0.5, 0.6) is 0 Å². The monoisotopic (exact) mass is 355 g/mol. The first-order chi connectivity index (χ1) is 12.6. The average Bonchev–Trinajstić information content (AvgIpc) is 3.32. The maximum atomic E-state index is 13.7. The minimum Gasteiger partial charge on any atom is -0.467 e. The number of benzene rings is 1. The van der Waals surface area contributed by atoms with E-state index < -0.39 is 17.6 Å². The van der Waals surface area contributed by atoms with E-state index in [4.69, 9.17) is 8.83 Å². The Hall–Kier alpha value is -3.68. The predicted molar refractivity (Wildman–Crippen MR) is 90.4 cm³/mol. The molecule has 0 spiro atoms. The highest BCUT2D eigenvalue weighted by Gasteiger charge is 2.13. The fraction of sp³-hybridized carbons (Fsp3) is 0.0556. The van der Waals surface area contributed by atoms with Gasteiger partial charge in [-0.3, -0.25) is 9.59 Å². The van der Waals surface area contributed by atoms with Gasteiger partial charge in [0, 0.05) is 0 Å². The third-order valence-electron chi connectivity index (χ3n) is 3.33. The number of amides is 2. The van der Waals surface area contributed by atoms with Gasteiger partial charge in [0.05, 0.1) is 24.6 Å². The van der Waals surface area contributed by atoms with E-state index in [1.807, 2.05) is 0 Å². The molecule has 7 nitrogen and oxygen atoms in total. The van der Waals surface area contributed by atoms with Crippen molar-refractivity contribution in [1.29, 1.82) is 0 Å². The van der Waals surface area contributed by atoms with Gasteiger partial charge in [0.15, 0.2) is 0 Å². The van der Waals surface area contributed by atoms with Crippen molar-refractivity contribution >= 4 is 18.0 Å². The van der Waals surface area contributed by atoms with Gasteiger partial charge >= 0.3 is 11.8 Å². The standard InChI is InChI=1S/C18H14FN3O4/c19-15-6-2-1-5-14(15)16-8-7-13(26-16)11-21-22-18(24)17(23)20-10-12-4-3-9-25-12/h1-9,11H,10H2,(H,20,23)(H,22,24)/b21-11-. The van der Waals surface area contributed by atoms with Gasteiger partial charge in [-0.25, -0.2) is 9.82 Å². The van der Waals surface area contributed by atoms with Crippen LogP contribution >= 0.6 is 0 Å². The van der Waals surface area contributed by atoms with Gasteiger partial charge in [0.25, 0.3) is 0 Å². The van der Waals surface area contributed by atoms with E-state index in [9.17, 15) is 14.0 Å². The van der Waals surface area contributed by atoms with Crippen LogP contribution in [0.15, 0.2) is 68.7 Å². The lowest BCUT2D eigenvalue weighted by Gasteiger charge is -2.01. The van der Waals surface area contributed by atoms with Gasteiger partial charge in [-0.15, -0.1) is 0 Å². The molecule has 2 heterocycles. The number of carbonyl (C=O) groups excluding carboxylic acids is 2. The Morgan fingerprint density at radius 3 is 2.69 bits per heavy atom. The molecular weight excluding hydrogens is 341 g/mol. The van der Waals surface area contributed by atoms with Crippen molar-refractivity contribution in [2.75, 3.05) is 0 Å². The van der Waals surface area contributed by atoms with Crippen LogP contribution in [0.25, 0.3) is 11.3 Å². The molecule has 26 heavy (non-hydrogen) atoms. The summed E-state index contributed by atoms with van der Waals surface area (Å²) in [5.41, 5.74) is 2.39. The summed E-state index contributed by atoms with van der Waals surface area (Å²) >= 11 is 0. The van der Waals surface area contributed by atoms with E-state index in [-0.39, 0.29) is 6.54 Å². The summed E-state index contributed by atoms with van der Waals surface area (Å²) in [5, 5.41) is 6.02. The van der Waals surface area contributed by atoms with Gasteiger partial charge in [-0.1, -0.05) is 12.1 Å². The summed E-state index contributed by atoms with van der Waals surface area (Å²) in [6, 6.07) is 12.7. The Balaban J connectivity index is 1.53. The zero-order chi connectivity index (χ0) is 18.4. The first-order valence-corrected chi connectivity index (χ1v) is 7.62. The number of halogens is 1. The molecular formula is C18H14FN3O4. The summed E-state index contributed by atoms with van der Waals surface area (Å²) in [6.07, 6.45) is 2.67. The van der Waals surface area contributed by atoms with E-state index in [0.717, 1.165) is 0 Å². The first-order valence-electron chi connectivity index (χ1n) is 7.62. The SMILES string of the molecule is O=C(NCc1ccco1)C(=O)N/N=C\c1ccc(-c2ccccc2F)o1. The number of hydrazone groups is 1. The van der Waals surface area contributed by atoms with Gasteiger partial charge in [-0.05, 0) is 36.4 Å². The zero-order valence-electron chi connectivity index (χ0n) is 13.4. The Morgan fingerprint density at radius 2 is 1.92 bits per heavy atom. The summed E-state index contributed by atoms with van der Waals surface area (Å²) in [6.45, 7) is 0.0904. The van der Waals surface area contributed by atoms with Crippen molar-refractivity contribution in [2.24, 2.45) is 5.10 Å². The molecule has 3 aromatic rings. The minimum atomic E-state index is -0.936. The van der Waals surface area contributed by atoms with Crippen molar-refractivity contribution in [3.8, 4) is 11.3 Å². The van der Waals surface area contributed by atoms with Gasteiger partial charge in [0.2, 0.25) is 0 Å². The Kier molecular flexibility index (Phi) is 5.23. The summed E-state index contributed by atoms with van der Waals surface area (Å²) in [7, 11) is 0. The normalized spacial score (nSPS) is 10.8. The molecule has 1 aromatic carbocycles. The van der Waals surface area contributed by atoms with Crippen LogP contribution in [-0.2, 0) is 16.1 Å². The van der Waals surface area contributed by atoms with Crippen molar-refractivity contribution < 1.29 is 22.8 Å². The van der Waals surface area contributed by atoms with Crippen molar-refractivity contribution in [1.82, 2.24) is 10.7 Å². The predicted octanol–water partition coefficient (Wildman–Crippen LogP) is 2.45. The van der Waals surface area contributed by atoms with Gasteiger partial charge in [-0.2, -0.15) is 5.10 Å². The molecule has 132 valence electrons. The summed E-state index contributed by atoms with van der Waals surface area (Å²) in [4.78, 5) is 23.2. The first kappa shape index (κ1) is 17.2. The molecule has 0 unspecified atom stereocenters.